The number of para-hydroxylation sites is 2. The quantitative estimate of drug-likeness (QED) is 0.446. The number of likely N-dealkylation sites (tertiary alicyclic amines) is 1. The van der Waals surface area contributed by atoms with Crippen LogP contribution in [-0.2, 0) is 0 Å². The summed E-state index contributed by atoms with van der Waals surface area (Å²) in [5.41, 5.74) is 4.01. The summed E-state index contributed by atoms with van der Waals surface area (Å²) in [7, 11) is 1.65. The molecule has 0 bridgehead atoms. The summed E-state index contributed by atoms with van der Waals surface area (Å²) in [6.45, 7) is 6.89. The molecule has 2 aromatic carbocycles. The van der Waals surface area contributed by atoms with Gasteiger partial charge in [-0.3, -0.25) is 0 Å². The number of ether oxygens (including phenoxy) is 1. The Kier molecular flexibility index (Phi) is 6.78. The maximum Gasteiger partial charge on any atom is 0.175 e. The van der Waals surface area contributed by atoms with Crippen molar-refractivity contribution in [2.24, 2.45) is 0 Å². The minimum atomic E-state index is 0.524. The van der Waals surface area contributed by atoms with Gasteiger partial charge in [-0.25, -0.2) is 0 Å². The number of piperidine rings is 1. The Morgan fingerprint density at radius 3 is 2.71 bits per heavy atom. The summed E-state index contributed by atoms with van der Waals surface area (Å²) in [4.78, 5) is 2.60. The molecular formula is C25H31N3O2S. The van der Waals surface area contributed by atoms with Gasteiger partial charge in [-0.2, -0.15) is 0 Å². The third-order valence-electron chi connectivity index (χ3n) is 6.40. The van der Waals surface area contributed by atoms with E-state index in [1.54, 1.807) is 7.11 Å². The third kappa shape index (κ3) is 4.86. The molecule has 6 heteroatoms. The van der Waals surface area contributed by atoms with Crippen molar-refractivity contribution in [1.82, 2.24) is 4.90 Å². The standard InChI is InChI=1S/C25H31N3O2S/c1-4-17(2)28-13-11-18(12-14-28)21-16-30-23-10-9-19(15-20(21)23)26-25(31)27-22-7-5-6-8-24(22)29-3/h5-10,15-18H,4,11-14H2,1-3H3,(H2,26,27,31). The molecule has 1 saturated heterocycles. The van der Waals surface area contributed by atoms with Gasteiger partial charge in [0.1, 0.15) is 11.3 Å². The van der Waals surface area contributed by atoms with Gasteiger partial charge in [0.2, 0.25) is 0 Å². The van der Waals surface area contributed by atoms with Crippen LogP contribution in [0.1, 0.15) is 44.6 Å². The van der Waals surface area contributed by atoms with E-state index in [0.717, 1.165) is 35.8 Å². The first kappa shape index (κ1) is 21.7. The lowest BCUT2D eigenvalue weighted by Gasteiger charge is -2.35. The van der Waals surface area contributed by atoms with Crippen LogP contribution in [0.4, 0.5) is 11.4 Å². The van der Waals surface area contributed by atoms with Crippen LogP contribution in [0, 0.1) is 0 Å². The monoisotopic (exact) mass is 437 g/mol. The molecular weight excluding hydrogens is 406 g/mol. The number of nitrogens with zero attached hydrogens (tertiary/aromatic N) is 1. The second-order valence-electron chi connectivity index (χ2n) is 8.25. The molecule has 4 rings (SSSR count). The van der Waals surface area contributed by atoms with E-state index in [0.29, 0.717) is 17.1 Å². The van der Waals surface area contributed by atoms with Gasteiger partial charge in [0.15, 0.2) is 5.11 Å². The third-order valence-corrected chi connectivity index (χ3v) is 6.60. The van der Waals surface area contributed by atoms with Crippen molar-refractivity contribution in [3.63, 3.8) is 0 Å². The number of anilines is 2. The van der Waals surface area contributed by atoms with Crippen molar-refractivity contribution in [2.75, 3.05) is 30.8 Å². The maximum atomic E-state index is 5.88. The summed E-state index contributed by atoms with van der Waals surface area (Å²) >= 11 is 5.53. The van der Waals surface area contributed by atoms with Gasteiger partial charge in [0.05, 0.1) is 19.1 Å². The van der Waals surface area contributed by atoms with E-state index in [2.05, 4.69) is 35.4 Å². The summed E-state index contributed by atoms with van der Waals surface area (Å²) in [5, 5.41) is 8.21. The van der Waals surface area contributed by atoms with Crippen LogP contribution in [0.5, 0.6) is 5.75 Å². The van der Waals surface area contributed by atoms with Crippen molar-refractivity contribution >= 4 is 39.7 Å². The van der Waals surface area contributed by atoms with Crippen molar-refractivity contribution in [1.29, 1.82) is 0 Å². The minimum absolute atomic E-state index is 0.524. The zero-order valence-corrected chi connectivity index (χ0v) is 19.3. The van der Waals surface area contributed by atoms with Gasteiger partial charge in [-0.05, 0) is 87.7 Å². The van der Waals surface area contributed by atoms with E-state index >= 15 is 0 Å². The Balaban J connectivity index is 1.46. The van der Waals surface area contributed by atoms with E-state index in [1.807, 2.05) is 42.7 Å². The fraction of sp³-hybridized carbons (Fsp3) is 0.400. The van der Waals surface area contributed by atoms with E-state index in [-0.39, 0.29) is 0 Å². The Labute approximate surface area is 189 Å². The number of nitrogens with one attached hydrogen (secondary N) is 2. The molecule has 164 valence electrons. The lowest BCUT2D eigenvalue weighted by Crippen LogP contribution is -2.39. The molecule has 1 aliphatic heterocycles. The fourth-order valence-corrected chi connectivity index (χ4v) is 4.61. The van der Waals surface area contributed by atoms with Crippen LogP contribution in [0.15, 0.2) is 53.1 Å². The normalized spacial score (nSPS) is 16.2. The Morgan fingerprint density at radius 2 is 1.97 bits per heavy atom. The summed E-state index contributed by atoms with van der Waals surface area (Å²) in [6.07, 6.45) is 5.50. The van der Waals surface area contributed by atoms with Crippen LogP contribution in [0.3, 0.4) is 0 Å². The zero-order chi connectivity index (χ0) is 21.8. The van der Waals surface area contributed by atoms with Gasteiger partial charge < -0.3 is 24.7 Å². The highest BCUT2D eigenvalue weighted by Gasteiger charge is 2.25. The van der Waals surface area contributed by atoms with Crippen LogP contribution in [-0.4, -0.2) is 36.3 Å². The minimum Gasteiger partial charge on any atom is -0.495 e. The number of thiocarbonyl (C=S) groups is 1. The number of benzene rings is 2. The Bertz CT molecular complexity index is 1040. The zero-order valence-electron chi connectivity index (χ0n) is 18.5. The first-order chi connectivity index (χ1) is 15.1. The average Bonchev–Trinajstić information content (AvgIpc) is 3.22. The molecule has 1 aromatic heterocycles. The molecule has 3 aromatic rings. The molecule has 1 fully saturated rings. The maximum absolute atomic E-state index is 5.88. The molecule has 2 N–H and O–H groups in total. The smallest absolute Gasteiger partial charge is 0.175 e. The molecule has 0 radical (unpaired) electrons. The first-order valence-electron chi connectivity index (χ1n) is 11.0. The van der Waals surface area contributed by atoms with Crippen molar-refractivity contribution < 1.29 is 9.15 Å². The van der Waals surface area contributed by atoms with Crippen LogP contribution in [0.25, 0.3) is 11.0 Å². The summed E-state index contributed by atoms with van der Waals surface area (Å²) < 4.78 is 11.3. The Morgan fingerprint density at radius 1 is 1.19 bits per heavy atom. The molecule has 0 amide bonds. The second-order valence-corrected chi connectivity index (χ2v) is 8.66. The molecule has 1 atom stereocenters. The van der Waals surface area contributed by atoms with Gasteiger partial charge in [0.25, 0.3) is 0 Å². The lowest BCUT2D eigenvalue weighted by atomic mass is 9.88. The predicted molar refractivity (Wildman–Crippen MR) is 132 cm³/mol. The fourth-order valence-electron chi connectivity index (χ4n) is 4.38. The van der Waals surface area contributed by atoms with E-state index in [1.165, 1.54) is 30.2 Å². The molecule has 5 nitrogen and oxygen atoms in total. The van der Waals surface area contributed by atoms with Crippen molar-refractivity contribution in [3.8, 4) is 5.75 Å². The molecule has 1 aliphatic rings. The number of hydrogen-bond donors (Lipinski definition) is 2. The summed E-state index contributed by atoms with van der Waals surface area (Å²) in [5.74, 6) is 1.29. The van der Waals surface area contributed by atoms with Gasteiger partial charge >= 0.3 is 0 Å². The molecule has 0 spiro atoms. The largest absolute Gasteiger partial charge is 0.495 e. The highest BCUT2D eigenvalue weighted by atomic mass is 32.1. The van der Waals surface area contributed by atoms with Crippen LogP contribution in [0.2, 0.25) is 0 Å². The van der Waals surface area contributed by atoms with Crippen molar-refractivity contribution in [2.45, 2.75) is 45.1 Å². The highest BCUT2D eigenvalue weighted by molar-refractivity contribution is 7.80. The molecule has 0 saturated carbocycles. The molecule has 2 heterocycles. The topological polar surface area (TPSA) is 49.7 Å². The molecule has 0 aliphatic carbocycles. The van der Waals surface area contributed by atoms with Crippen LogP contribution < -0.4 is 15.4 Å². The van der Waals surface area contributed by atoms with Crippen molar-refractivity contribution in [3.05, 3.63) is 54.3 Å². The van der Waals surface area contributed by atoms with Gasteiger partial charge in [-0.15, -0.1) is 0 Å². The number of rotatable bonds is 6. The van der Waals surface area contributed by atoms with Gasteiger partial charge in [0, 0.05) is 22.7 Å². The Hall–Kier alpha value is -2.57. The lowest BCUT2D eigenvalue weighted by molar-refractivity contribution is 0.158. The highest BCUT2D eigenvalue weighted by Crippen LogP contribution is 2.36. The SMILES string of the molecule is CCC(C)N1CCC(c2coc3ccc(NC(=S)Nc4ccccc4OC)cc23)CC1. The predicted octanol–water partition coefficient (Wildman–Crippen LogP) is 6.23. The average molecular weight is 438 g/mol. The van der Waals surface area contributed by atoms with Gasteiger partial charge in [-0.1, -0.05) is 19.1 Å². The number of furan rings is 1. The van der Waals surface area contributed by atoms with E-state index in [9.17, 15) is 0 Å². The van der Waals surface area contributed by atoms with Crippen LogP contribution >= 0.6 is 12.2 Å². The first-order valence-corrected chi connectivity index (χ1v) is 11.5. The summed E-state index contributed by atoms with van der Waals surface area (Å²) in [6, 6.07) is 14.5. The van der Waals surface area contributed by atoms with E-state index < -0.39 is 0 Å². The number of hydrogen-bond acceptors (Lipinski definition) is 4. The van der Waals surface area contributed by atoms with E-state index in [4.69, 9.17) is 21.4 Å². The molecule has 31 heavy (non-hydrogen) atoms. The number of methoxy groups -OCH3 is 1. The molecule has 1 unspecified atom stereocenters. The second kappa shape index (κ2) is 9.71. The number of fused-ring (bicyclic) bond motifs is 1.